The van der Waals surface area contributed by atoms with Gasteiger partial charge in [-0.05, 0) is 31.0 Å². The molecule has 0 fully saturated rings. The van der Waals surface area contributed by atoms with Gasteiger partial charge >= 0.3 is 0 Å². The number of nitro benzene ring substituents is 1. The van der Waals surface area contributed by atoms with Gasteiger partial charge in [0.05, 0.1) is 4.92 Å². The molecule has 0 heterocycles. The molecule has 0 atom stereocenters. The van der Waals surface area contributed by atoms with Crippen LogP contribution < -0.4 is 5.73 Å². The van der Waals surface area contributed by atoms with Gasteiger partial charge in [0.15, 0.2) is 0 Å². The maximum Gasteiger partial charge on any atom is 0.269 e. The molecule has 0 spiro atoms. The first-order valence-corrected chi connectivity index (χ1v) is 4.09. The highest BCUT2D eigenvalue weighted by atomic mass is 16.6. The van der Waals surface area contributed by atoms with E-state index >= 15 is 0 Å². The second-order valence-electron chi connectivity index (χ2n) is 2.91. The molecule has 0 amide bonds. The third kappa shape index (κ3) is 2.26. The van der Waals surface area contributed by atoms with Crippen LogP contribution in [0.15, 0.2) is 18.2 Å². The van der Waals surface area contributed by atoms with Gasteiger partial charge in [0.2, 0.25) is 0 Å². The van der Waals surface area contributed by atoms with Crippen LogP contribution in [0.3, 0.4) is 0 Å². The first-order chi connectivity index (χ1) is 6.15. The number of benzene rings is 1. The predicted molar refractivity (Wildman–Crippen MR) is 50.6 cm³/mol. The van der Waals surface area contributed by atoms with E-state index in [1.165, 1.54) is 6.07 Å². The molecule has 0 radical (unpaired) electrons. The lowest BCUT2D eigenvalue weighted by Gasteiger charge is -2.02. The topological polar surface area (TPSA) is 69.2 Å². The Morgan fingerprint density at radius 3 is 2.77 bits per heavy atom. The highest BCUT2D eigenvalue weighted by molar-refractivity contribution is 5.39. The van der Waals surface area contributed by atoms with Gasteiger partial charge < -0.3 is 5.73 Å². The first kappa shape index (κ1) is 9.67. The zero-order valence-corrected chi connectivity index (χ0v) is 7.49. The number of nitrogens with two attached hydrogens (primary N) is 1. The first-order valence-electron chi connectivity index (χ1n) is 4.09. The van der Waals surface area contributed by atoms with Gasteiger partial charge in [-0.15, -0.1) is 0 Å². The molecular formula is C9H12N2O2. The molecule has 0 aliphatic carbocycles. The highest BCUT2D eigenvalue weighted by Crippen LogP contribution is 2.17. The molecule has 0 aliphatic rings. The van der Waals surface area contributed by atoms with E-state index in [1.807, 2.05) is 6.92 Å². The van der Waals surface area contributed by atoms with Crippen molar-refractivity contribution in [3.63, 3.8) is 0 Å². The van der Waals surface area contributed by atoms with Crippen LogP contribution in [-0.4, -0.2) is 11.5 Å². The van der Waals surface area contributed by atoms with Gasteiger partial charge in [-0.3, -0.25) is 10.1 Å². The van der Waals surface area contributed by atoms with E-state index in [2.05, 4.69) is 0 Å². The lowest BCUT2D eigenvalue weighted by molar-refractivity contribution is -0.384. The fourth-order valence-corrected chi connectivity index (χ4v) is 1.20. The van der Waals surface area contributed by atoms with E-state index in [0.29, 0.717) is 13.0 Å². The smallest absolute Gasteiger partial charge is 0.269 e. The largest absolute Gasteiger partial charge is 0.330 e. The van der Waals surface area contributed by atoms with Crippen molar-refractivity contribution in [2.75, 3.05) is 6.54 Å². The summed E-state index contributed by atoms with van der Waals surface area (Å²) in [6.45, 7) is 2.44. The summed E-state index contributed by atoms with van der Waals surface area (Å²) in [4.78, 5) is 10.1. The van der Waals surface area contributed by atoms with Gasteiger partial charge in [-0.2, -0.15) is 0 Å². The molecule has 13 heavy (non-hydrogen) atoms. The number of nitrogens with zero attached hydrogens (tertiary/aromatic N) is 1. The number of non-ortho nitro benzene ring substituents is 1. The summed E-state index contributed by atoms with van der Waals surface area (Å²) < 4.78 is 0. The minimum Gasteiger partial charge on any atom is -0.330 e. The second kappa shape index (κ2) is 4.00. The molecule has 0 saturated heterocycles. The van der Waals surface area contributed by atoms with Crippen LogP contribution in [0.1, 0.15) is 11.1 Å². The van der Waals surface area contributed by atoms with Gasteiger partial charge in [0.25, 0.3) is 5.69 Å². The Labute approximate surface area is 76.5 Å². The minimum atomic E-state index is -0.389. The number of hydrogen-bond acceptors (Lipinski definition) is 3. The average molecular weight is 180 g/mol. The third-order valence-electron chi connectivity index (χ3n) is 1.96. The normalized spacial score (nSPS) is 10.0. The molecule has 4 heteroatoms. The minimum absolute atomic E-state index is 0.133. The van der Waals surface area contributed by atoms with E-state index in [1.54, 1.807) is 12.1 Å². The van der Waals surface area contributed by atoms with E-state index in [-0.39, 0.29) is 10.6 Å². The third-order valence-corrected chi connectivity index (χ3v) is 1.96. The molecule has 4 nitrogen and oxygen atoms in total. The quantitative estimate of drug-likeness (QED) is 0.564. The van der Waals surface area contributed by atoms with Gasteiger partial charge in [-0.25, -0.2) is 0 Å². The lowest BCUT2D eigenvalue weighted by atomic mass is 10.1. The molecule has 70 valence electrons. The molecule has 0 aliphatic heterocycles. The monoisotopic (exact) mass is 180 g/mol. The van der Waals surface area contributed by atoms with Gasteiger partial charge in [-0.1, -0.05) is 6.07 Å². The summed E-state index contributed by atoms with van der Waals surface area (Å²) in [7, 11) is 0. The summed E-state index contributed by atoms with van der Waals surface area (Å²) in [5.41, 5.74) is 7.53. The summed E-state index contributed by atoms with van der Waals surface area (Å²) in [5.74, 6) is 0. The molecule has 1 aromatic rings. The zero-order valence-electron chi connectivity index (χ0n) is 7.49. The highest BCUT2D eigenvalue weighted by Gasteiger charge is 2.07. The average Bonchev–Trinajstić information content (AvgIpc) is 2.08. The maximum atomic E-state index is 10.4. The molecule has 0 unspecified atom stereocenters. The van der Waals surface area contributed by atoms with Crippen LogP contribution in [0.4, 0.5) is 5.69 Å². The number of aryl methyl sites for hydroxylation is 1. The molecule has 0 saturated carbocycles. The van der Waals surface area contributed by atoms with E-state index in [4.69, 9.17) is 5.73 Å². The van der Waals surface area contributed by atoms with E-state index < -0.39 is 0 Å². The maximum absolute atomic E-state index is 10.4. The Kier molecular flexibility index (Phi) is 2.97. The van der Waals surface area contributed by atoms with Crippen molar-refractivity contribution >= 4 is 5.69 Å². The Hall–Kier alpha value is -1.42. The number of rotatable bonds is 3. The predicted octanol–water partition coefficient (Wildman–Crippen LogP) is 1.40. The number of nitro groups is 1. The Morgan fingerprint density at radius 1 is 1.54 bits per heavy atom. The molecule has 1 aromatic carbocycles. The van der Waals surface area contributed by atoms with Crippen LogP contribution in [0.5, 0.6) is 0 Å². The lowest BCUT2D eigenvalue weighted by Crippen LogP contribution is -2.04. The zero-order chi connectivity index (χ0) is 9.84. The van der Waals surface area contributed by atoms with Gasteiger partial charge in [0.1, 0.15) is 0 Å². The molecule has 2 N–H and O–H groups in total. The summed E-state index contributed by atoms with van der Waals surface area (Å²) in [5, 5.41) is 10.4. The van der Waals surface area contributed by atoms with E-state index in [0.717, 1.165) is 11.1 Å². The molecular weight excluding hydrogens is 168 g/mol. The van der Waals surface area contributed by atoms with E-state index in [9.17, 15) is 10.1 Å². The second-order valence-corrected chi connectivity index (χ2v) is 2.91. The van der Waals surface area contributed by atoms with Crippen LogP contribution in [0.25, 0.3) is 0 Å². The fraction of sp³-hybridized carbons (Fsp3) is 0.333. The summed E-state index contributed by atoms with van der Waals surface area (Å²) >= 11 is 0. The fourth-order valence-electron chi connectivity index (χ4n) is 1.20. The Morgan fingerprint density at radius 2 is 2.23 bits per heavy atom. The van der Waals surface area contributed by atoms with Crippen molar-refractivity contribution in [1.82, 2.24) is 0 Å². The van der Waals surface area contributed by atoms with Crippen LogP contribution >= 0.6 is 0 Å². The molecule has 0 bridgehead atoms. The standard InChI is InChI=1S/C9H12N2O2/c1-7-2-3-9(11(12)13)6-8(7)4-5-10/h2-3,6H,4-5,10H2,1H3. The molecule has 0 aromatic heterocycles. The summed E-state index contributed by atoms with van der Waals surface area (Å²) in [6.07, 6.45) is 0.688. The van der Waals surface area contributed by atoms with Crippen molar-refractivity contribution in [2.24, 2.45) is 5.73 Å². The summed E-state index contributed by atoms with van der Waals surface area (Å²) in [6, 6.07) is 4.85. The van der Waals surface area contributed by atoms with Gasteiger partial charge in [0, 0.05) is 12.1 Å². The molecule has 1 rings (SSSR count). The Balaban J connectivity index is 3.03. The van der Waals surface area contributed by atoms with Crippen LogP contribution in [0.2, 0.25) is 0 Å². The van der Waals surface area contributed by atoms with Crippen molar-refractivity contribution in [1.29, 1.82) is 0 Å². The number of hydrogen-bond donors (Lipinski definition) is 1. The van der Waals surface area contributed by atoms with Crippen molar-refractivity contribution in [3.8, 4) is 0 Å². The Bertz CT molecular complexity index is 323. The SMILES string of the molecule is Cc1ccc([N+](=O)[O-])cc1CCN. The van der Waals surface area contributed by atoms with Crippen molar-refractivity contribution in [2.45, 2.75) is 13.3 Å². The van der Waals surface area contributed by atoms with Crippen molar-refractivity contribution in [3.05, 3.63) is 39.4 Å². The van der Waals surface area contributed by atoms with Crippen LogP contribution in [0, 0.1) is 17.0 Å². The van der Waals surface area contributed by atoms with Crippen molar-refractivity contribution < 1.29 is 4.92 Å². The van der Waals surface area contributed by atoms with Crippen LogP contribution in [-0.2, 0) is 6.42 Å².